The molecule has 0 bridgehead atoms. The van der Waals surface area contributed by atoms with Crippen LogP contribution in [-0.2, 0) is 6.54 Å². The average molecular weight is 478 g/mol. The third kappa shape index (κ3) is 4.43. The topological polar surface area (TPSA) is 98.9 Å². The molecule has 182 valence electrons. The van der Waals surface area contributed by atoms with E-state index in [1.54, 1.807) is 6.20 Å². The molecule has 4 aromatic rings. The van der Waals surface area contributed by atoms with Gasteiger partial charge in [-0.25, -0.2) is 15.0 Å². The lowest BCUT2D eigenvalue weighted by Gasteiger charge is -2.30. The van der Waals surface area contributed by atoms with Gasteiger partial charge in [0, 0.05) is 31.0 Å². The summed E-state index contributed by atoms with van der Waals surface area (Å²) in [5.74, 6) is 1.19. The molecule has 4 heterocycles. The van der Waals surface area contributed by atoms with E-state index >= 15 is 0 Å². The van der Waals surface area contributed by atoms with E-state index in [0.29, 0.717) is 5.82 Å². The van der Waals surface area contributed by atoms with Crippen molar-refractivity contribution in [1.82, 2.24) is 24.4 Å². The first-order chi connectivity index (χ1) is 17.7. The lowest BCUT2D eigenvalue weighted by molar-refractivity contribution is 0.201. The van der Waals surface area contributed by atoms with Crippen LogP contribution in [0.2, 0.25) is 0 Å². The smallest absolute Gasteiger partial charge is 0.165 e. The Bertz CT molecular complexity index is 1450. The van der Waals surface area contributed by atoms with Crippen LogP contribution in [0.15, 0.2) is 73.0 Å². The van der Waals surface area contributed by atoms with Gasteiger partial charge in [-0.2, -0.15) is 0 Å². The second kappa shape index (κ2) is 9.68. The number of nitrogens with zero attached hydrogens (tertiary/aromatic N) is 5. The van der Waals surface area contributed by atoms with E-state index in [4.69, 9.17) is 21.4 Å². The second-order valence-corrected chi connectivity index (χ2v) is 9.69. The Hall–Kier alpha value is -3.81. The summed E-state index contributed by atoms with van der Waals surface area (Å²) >= 11 is 0. The average Bonchev–Trinajstić information content (AvgIpc) is 3.28. The van der Waals surface area contributed by atoms with Gasteiger partial charge in [0.15, 0.2) is 11.5 Å². The fourth-order valence-electron chi connectivity index (χ4n) is 5.20. The summed E-state index contributed by atoms with van der Waals surface area (Å²) in [4.78, 5) is 16.8. The summed E-state index contributed by atoms with van der Waals surface area (Å²) in [5, 5.41) is 0. The number of imidazole rings is 1. The van der Waals surface area contributed by atoms with Crippen LogP contribution in [-0.4, -0.2) is 43.6 Å². The monoisotopic (exact) mass is 477 g/mol. The number of aromatic nitrogens is 4. The molecule has 1 saturated heterocycles. The van der Waals surface area contributed by atoms with Crippen molar-refractivity contribution in [3.63, 3.8) is 0 Å². The number of rotatable bonds is 5. The predicted octanol–water partition coefficient (Wildman–Crippen LogP) is 4.72. The number of anilines is 1. The molecule has 1 aliphatic carbocycles. The van der Waals surface area contributed by atoms with Crippen LogP contribution in [0.1, 0.15) is 36.9 Å². The zero-order valence-corrected chi connectivity index (χ0v) is 20.3. The zero-order valence-electron chi connectivity index (χ0n) is 20.3. The van der Waals surface area contributed by atoms with Gasteiger partial charge in [0.25, 0.3) is 0 Å². The minimum atomic E-state index is 0.275. The first-order valence-corrected chi connectivity index (χ1v) is 12.7. The van der Waals surface area contributed by atoms with Crippen LogP contribution in [0, 0.1) is 0 Å². The van der Waals surface area contributed by atoms with Crippen molar-refractivity contribution in [2.24, 2.45) is 5.73 Å². The van der Waals surface area contributed by atoms with Crippen LogP contribution in [0.4, 0.5) is 5.82 Å². The molecule has 2 aliphatic rings. The molecule has 0 saturated carbocycles. The molecule has 1 atom stereocenters. The highest BCUT2D eigenvalue weighted by Gasteiger charge is 2.20. The Morgan fingerprint density at radius 3 is 2.67 bits per heavy atom. The number of piperidine rings is 1. The lowest BCUT2D eigenvalue weighted by atomic mass is 10.0. The van der Waals surface area contributed by atoms with Crippen LogP contribution in [0.25, 0.3) is 33.8 Å². The van der Waals surface area contributed by atoms with Crippen LogP contribution < -0.4 is 11.5 Å². The van der Waals surface area contributed by atoms with E-state index < -0.39 is 0 Å². The number of hydrogen-bond donors (Lipinski definition) is 2. The van der Waals surface area contributed by atoms with Gasteiger partial charge in [-0.3, -0.25) is 9.47 Å². The third-order valence-electron chi connectivity index (χ3n) is 7.02. The van der Waals surface area contributed by atoms with Gasteiger partial charge < -0.3 is 11.5 Å². The summed E-state index contributed by atoms with van der Waals surface area (Å²) in [6.07, 6.45) is 12.7. The maximum absolute atomic E-state index is 6.29. The molecule has 7 nitrogen and oxygen atoms in total. The molecule has 0 spiro atoms. The first-order valence-electron chi connectivity index (χ1n) is 12.7. The molecule has 6 rings (SSSR count). The molecule has 3 aromatic heterocycles. The summed E-state index contributed by atoms with van der Waals surface area (Å²) in [7, 11) is 0. The van der Waals surface area contributed by atoms with E-state index in [0.717, 1.165) is 84.8 Å². The number of pyridine rings is 2. The van der Waals surface area contributed by atoms with E-state index in [1.165, 1.54) is 5.56 Å². The number of fused-ring (bicyclic) bond motifs is 1. The number of likely N-dealkylation sites (tertiary alicyclic amines) is 1. The molecular formula is C29H31N7. The number of nitrogens with two attached hydrogens (primary N) is 2. The van der Waals surface area contributed by atoms with Crippen LogP contribution in [0.3, 0.4) is 0 Å². The van der Waals surface area contributed by atoms with E-state index in [2.05, 4.69) is 56.9 Å². The SMILES string of the molecule is Nc1ncccc1-c1nc2ccc(C3=CCCC=C3)nc2n1-c1ccc(CN2CCCC(N)C2)cc1. The molecule has 7 heteroatoms. The van der Waals surface area contributed by atoms with E-state index in [1.807, 2.05) is 24.3 Å². The first kappa shape index (κ1) is 22.6. The fraction of sp³-hybridized carbons (Fsp3) is 0.276. The highest BCUT2D eigenvalue weighted by atomic mass is 15.2. The number of hydrogen-bond acceptors (Lipinski definition) is 6. The van der Waals surface area contributed by atoms with Gasteiger partial charge in [-0.1, -0.05) is 30.4 Å². The highest BCUT2D eigenvalue weighted by Crippen LogP contribution is 2.32. The maximum Gasteiger partial charge on any atom is 0.165 e. The number of nitrogen functional groups attached to an aromatic ring is 1. The predicted molar refractivity (Wildman–Crippen MR) is 145 cm³/mol. The highest BCUT2D eigenvalue weighted by molar-refractivity contribution is 5.85. The van der Waals surface area contributed by atoms with Gasteiger partial charge in [0.05, 0.1) is 11.3 Å². The molecule has 1 aromatic carbocycles. The largest absolute Gasteiger partial charge is 0.383 e. The Balaban J connectivity index is 1.43. The molecule has 4 N–H and O–H groups in total. The summed E-state index contributed by atoms with van der Waals surface area (Å²) in [5.41, 5.74) is 19.3. The van der Waals surface area contributed by atoms with Crippen molar-refractivity contribution in [1.29, 1.82) is 0 Å². The van der Waals surface area contributed by atoms with Crippen LogP contribution in [0.5, 0.6) is 0 Å². The molecule has 1 unspecified atom stereocenters. The summed E-state index contributed by atoms with van der Waals surface area (Å²) in [6.45, 7) is 2.96. The normalized spacial score (nSPS) is 18.5. The van der Waals surface area contributed by atoms with Crippen molar-refractivity contribution < 1.29 is 0 Å². The Labute approximate surface area is 211 Å². The van der Waals surface area contributed by atoms with Crippen LogP contribution >= 0.6 is 0 Å². The Kier molecular flexibility index (Phi) is 6.09. The maximum atomic E-state index is 6.29. The van der Waals surface area contributed by atoms with E-state index in [-0.39, 0.29) is 6.04 Å². The van der Waals surface area contributed by atoms with Crippen molar-refractivity contribution in [2.45, 2.75) is 38.3 Å². The molecule has 1 fully saturated rings. The molecule has 1 aliphatic heterocycles. The minimum Gasteiger partial charge on any atom is -0.383 e. The third-order valence-corrected chi connectivity index (χ3v) is 7.02. The van der Waals surface area contributed by atoms with Crippen molar-refractivity contribution in [3.05, 3.63) is 84.2 Å². The second-order valence-electron chi connectivity index (χ2n) is 9.69. The molecule has 0 amide bonds. The fourth-order valence-corrected chi connectivity index (χ4v) is 5.20. The van der Waals surface area contributed by atoms with Crippen molar-refractivity contribution in [3.8, 4) is 17.1 Å². The standard InChI is InChI=1S/C29H31N7/c30-22-8-5-17-35(19-22)18-20-10-12-23(13-11-20)36-28(24-9-4-16-32-27(24)31)34-26-15-14-25(33-29(26)36)21-6-2-1-3-7-21/h2,4,6-7,9-16,22H,1,3,5,8,17-19,30H2,(H2,31,32). The molecular weight excluding hydrogens is 446 g/mol. The van der Waals surface area contributed by atoms with Gasteiger partial charge in [-0.15, -0.1) is 0 Å². The summed E-state index contributed by atoms with van der Waals surface area (Å²) in [6, 6.07) is 16.9. The number of allylic oxidation sites excluding steroid dienone is 4. The summed E-state index contributed by atoms with van der Waals surface area (Å²) < 4.78 is 2.10. The van der Waals surface area contributed by atoms with Crippen molar-refractivity contribution >= 4 is 22.6 Å². The van der Waals surface area contributed by atoms with Gasteiger partial charge in [0.2, 0.25) is 0 Å². The van der Waals surface area contributed by atoms with Crippen molar-refractivity contribution in [2.75, 3.05) is 18.8 Å². The van der Waals surface area contributed by atoms with Gasteiger partial charge in [-0.05, 0) is 79.8 Å². The Morgan fingerprint density at radius 1 is 1.00 bits per heavy atom. The van der Waals surface area contributed by atoms with Gasteiger partial charge >= 0.3 is 0 Å². The van der Waals surface area contributed by atoms with Gasteiger partial charge in [0.1, 0.15) is 11.3 Å². The molecule has 0 radical (unpaired) electrons. The lowest BCUT2D eigenvalue weighted by Crippen LogP contribution is -2.42. The Morgan fingerprint density at radius 2 is 1.89 bits per heavy atom. The molecule has 36 heavy (non-hydrogen) atoms. The van der Waals surface area contributed by atoms with E-state index in [9.17, 15) is 0 Å². The zero-order chi connectivity index (χ0) is 24.5. The number of benzene rings is 1. The quantitative estimate of drug-likeness (QED) is 0.431. The minimum absolute atomic E-state index is 0.275.